The van der Waals surface area contributed by atoms with Gasteiger partial charge in [-0.15, -0.1) is 11.6 Å². The molecule has 5 heteroatoms. The van der Waals surface area contributed by atoms with E-state index in [2.05, 4.69) is 5.32 Å². The summed E-state index contributed by atoms with van der Waals surface area (Å²) in [5, 5.41) is 3.13. The third kappa shape index (κ3) is 5.03. The lowest BCUT2D eigenvalue weighted by Gasteiger charge is -2.19. The van der Waals surface area contributed by atoms with E-state index >= 15 is 0 Å². The molecular weight excluding hydrogens is 282 g/mol. The largest absolute Gasteiger partial charge is 0.384 e. The molecule has 1 aromatic carbocycles. The van der Waals surface area contributed by atoms with Gasteiger partial charge in [-0.05, 0) is 44.9 Å². The van der Waals surface area contributed by atoms with Crippen LogP contribution in [0, 0.1) is 0 Å². The Morgan fingerprint density at radius 2 is 1.74 bits per heavy atom. The third-order valence-corrected chi connectivity index (χ3v) is 5.77. The first-order chi connectivity index (χ1) is 8.76. The second-order valence-electron chi connectivity index (χ2n) is 5.49. The summed E-state index contributed by atoms with van der Waals surface area (Å²) in [5.41, 5.74) is 2.12. The topological polar surface area (TPSA) is 46.2 Å². The molecular formula is C14H22ClNO2S. The number of aryl methyl sites for hydroxylation is 1. The summed E-state index contributed by atoms with van der Waals surface area (Å²) in [7, 11) is -3.06. The second-order valence-corrected chi connectivity index (χ2v) is 8.73. The van der Waals surface area contributed by atoms with Crippen LogP contribution in [0.1, 0.15) is 26.3 Å². The van der Waals surface area contributed by atoms with E-state index in [9.17, 15) is 8.42 Å². The van der Waals surface area contributed by atoms with E-state index in [-0.39, 0.29) is 5.75 Å². The molecule has 0 spiro atoms. The Bertz CT molecular complexity index is 489. The summed E-state index contributed by atoms with van der Waals surface area (Å²) in [6, 6.07) is 7.91. The minimum Gasteiger partial charge on any atom is -0.384 e. The maximum absolute atomic E-state index is 11.9. The normalized spacial score (nSPS) is 12.4. The second kappa shape index (κ2) is 6.62. The average Bonchev–Trinajstić information content (AvgIpc) is 2.30. The molecule has 0 radical (unpaired) electrons. The highest BCUT2D eigenvalue weighted by Gasteiger charge is 2.28. The van der Waals surface area contributed by atoms with Gasteiger partial charge in [-0.1, -0.05) is 12.1 Å². The Hall–Kier alpha value is -0.740. The monoisotopic (exact) mass is 303 g/mol. The van der Waals surface area contributed by atoms with Crippen molar-refractivity contribution in [3.05, 3.63) is 29.8 Å². The summed E-state index contributed by atoms with van der Waals surface area (Å²) >= 11 is 5.67. The number of alkyl halides is 1. The van der Waals surface area contributed by atoms with Gasteiger partial charge in [0.05, 0.1) is 10.5 Å². The molecule has 1 rings (SSSR count). The highest BCUT2D eigenvalue weighted by molar-refractivity contribution is 7.92. The Kier molecular flexibility index (Phi) is 5.68. The molecule has 19 heavy (non-hydrogen) atoms. The first-order valence-corrected chi connectivity index (χ1v) is 8.56. The van der Waals surface area contributed by atoms with Crippen molar-refractivity contribution in [1.29, 1.82) is 0 Å². The lowest BCUT2D eigenvalue weighted by molar-refractivity contribution is 0.560. The molecule has 0 unspecified atom stereocenters. The molecule has 0 bridgehead atoms. The highest BCUT2D eigenvalue weighted by atomic mass is 35.5. The number of rotatable bonds is 6. The van der Waals surface area contributed by atoms with E-state index < -0.39 is 14.6 Å². The SMILES string of the molecule is CC(C)(C)S(=O)(=O)CCNc1ccc(CCCl)cc1. The molecule has 0 saturated carbocycles. The predicted molar refractivity (Wildman–Crippen MR) is 82.9 cm³/mol. The van der Waals surface area contributed by atoms with Crippen LogP contribution in [0.4, 0.5) is 5.69 Å². The fraction of sp³-hybridized carbons (Fsp3) is 0.571. The molecule has 3 nitrogen and oxygen atoms in total. The molecule has 0 saturated heterocycles. The zero-order valence-corrected chi connectivity index (χ0v) is 13.3. The smallest absolute Gasteiger partial charge is 0.156 e. The van der Waals surface area contributed by atoms with Gasteiger partial charge >= 0.3 is 0 Å². The van der Waals surface area contributed by atoms with Gasteiger partial charge in [-0.3, -0.25) is 0 Å². The average molecular weight is 304 g/mol. The summed E-state index contributed by atoms with van der Waals surface area (Å²) in [6.07, 6.45) is 0.847. The number of nitrogens with one attached hydrogen (secondary N) is 1. The van der Waals surface area contributed by atoms with Crippen molar-refractivity contribution >= 4 is 27.1 Å². The van der Waals surface area contributed by atoms with Gasteiger partial charge in [0.1, 0.15) is 0 Å². The molecule has 108 valence electrons. The van der Waals surface area contributed by atoms with E-state index in [1.165, 1.54) is 5.56 Å². The van der Waals surface area contributed by atoms with Crippen LogP contribution in [0.2, 0.25) is 0 Å². The summed E-state index contributed by atoms with van der Waals surface area (Å²) in [6.45, 7) is 5.60. The number of anilines is 1. The minimum absolute atomic E-state index is 0.139. The van der Waals surface area contributed by atoms with E-state index in [1.807, 2.05) is 24.3 Å². The molecule has 0 aliphatic carbocycles. The molecule has 0 amide bonds. The van der Waals surface area contributed by atoms with Crippen LogP contribution in [-0.2, 0) is 16.3 Å². The maximum atomic E-state index is 11.9. The fourth-order valence-electron chi connectivity index (χ4n) is 1.53. The minimum atomic E-state index is -3.06. The van der Waals surface area contributed by atoms with Crippen molar-refractivity contribution < 1.29 is 8.42 Å². The lowest BCUT2D eigenvalue weighted by Crippen LogP contribution is -2.32. The van der Waals surface area contributed by atoms with Crippen LogP contribution < -0.4 is 5.32 Å². The van der Waals surface area contributed by atoms with Crippen molar-refractivity contribution in [2.24, 2.45) is 0 Å². The molecule has 0 atom stereocenters. The highest BCUT2D eigenvalue weighted by Crippen LogP contribution is 2.16. The third-order valence-electron chi connectivity index (χ3n) is 2.97. The number of halogens is 1. The molecule has 0 aliphatic heterocycles. The predicted octanol–water partition coefficient (Wildman–Crippen LogP) is 3.09. The van der Waals surface area contributed by atoms with Crippen molar-refractivity contribution in [3.8, 4) is 0 Å². The molecule has 0 aromatic heterocycles. The molecule has 1 aromatic rings. The molecule has 0 fully saturated rings. The van der Waals surface area contributed by atoms with Gasteiger partial charge in [0.15, 0.2) is 9.84 Å². The Morgan fingerprint density at radius 3 is 2.21 bits per heavy atom. The van der Waals surface area contributed by atoms with Crippen molar-refractivity contribution in [1.82, 2.24) is 0 Å². The van der Waals surface area contributed by atoms with E-state index in [1.54, 1.807) is 20.8 Å². The number of sulfone groups is 1. The van der Waals surface area contributed by atoms with Gasteiger partial charge in [0.25, 0.3) is 0 Å². The first kappa shape index (κ1) is 16.3. The van der Waals surface area contributed by atoms with E-state index in [4.69, 9.17) is 11.6 Å². The number of benzene rings is 1. The zero-order valence-electron chi connectivity index (χ0n) is 11.7. The Morgan fingerprint density at radius 1 is 1.16 bits per heavy atom. The van der Waals surface area contributed by atoms with Gasteiger partial charge in [-0.25, -0.2) is 8.42 Å². The Labute approximate surface area is 121 Å². The quantitative estimate of drug-likeness (QED) is 0.822. The van der Waals surface area contributed by atoms with Crippen molar-refractivity contribution in [2.45, 2.75) is 31.9 Å². The summed E-state index contributed by atoms with van der Waals surface area (Å²) < 4.78 is 23.2. The van der Waals surface area contributed by atoms with E-state index in [0.29, 0.717) is 12.4 Å². The van der Waals surface area contributed by atoms with Crippen LogP contribution in [0.3, 0.4) is 0 Å². The first-order valence-electron chi connectivity index (χ1n) is 6.37. The van der Waals surface area contributed by atoms with E-state index in [0.717, 1.165) is 12.1 Å². The van der Waals surface area contributed by atoms with Crippen LogP contribution >= 0.6 is 11.6 Å². The van der Waals surface area contributed by atoms with Crippen molar-refractivity contribution in [2.75, 3.05) is 23.5 Å². The molecule has 0 heterocycles. The zero-order chi connectivity index (χ0) is 14.5. The van der Waals surface area contributed by atoms with Crippen LogP contribution in [0.15, 0.2) is 24.3 Å². The molecule has 1 N–H and O–H groups in total. The summed E-state index contributed by atoms with van der Waals surface area (Å²) in [4.78, 5) is 0. The number of hydrogen-bond acceptors (Lipinski definition) is 3. The standard InChI is InChI=1S/C14H22ClNO2S/c1-14(2,3)19(17,18)11-10-16-13-6-4-12(5-7-13)8-9-15/h4-7,16H,8-11H2,1-3H3. The van der Waals surface area contributed by atoms with Crippen LogP contribution in [0.25, 0.3) is 0 Å². The number of hydrogen-bond donors (Lipinski definition) is 1. The van der Waals surface area contributed by atoms with Crippen molar-refractivity contribution in [3.63, 3.8) is 0 Å². The van der Waals surface area contributed by atoms with Gasteiger partial charge in [-0.2, -0.15) is 0 Å². The maximum Gasteiger partial charge on any atom is 0.156 e. The van der Waals surface area contributed by atoms with Crippen LogP contribution in [0.5, 0.6) is 0 Å². The van der Waals surface area contributed by atoms with Crippen LogP contribution in [-0.4, -0.2) is 31.3 Å². The Balaban J connectivity index is 2.50. The lowest BCUT2D eigenvalue weighted by atomic mass is 10.1. The molecule has 0 aliphatic rings. The summed E-state index contributed by atoms with van der Waals surface area (Å²) in [5.74, 6) is 0.747. The van der Waals surface area contributed by atoms with Gasteiger partial charge in [0.2, 0.25) is 0 Å². The van der Waals surface area contributed by atoms with Gasteiger partial charge in [0, 0.05) is 18.1 Å². The van der Waals surface area contributed by atoms with Gasteiger partial charge < -0.3 is 5.32 Å². The fourth-order valence-corrected chi connectivity index (χ4v) is 2.74.